The van der Waals surface area contributed by atoms with Crippen LogP contribution in [-0.4, -0.2) is 13.4 Å². The molecule has 0 bridgehead atoms. The maximum atomic E-state index is 15.9. The predicted octanol–water partition coefficient (Wildman–Crippen LogP) is 19.6. The monoisotopic (exact) mass is 1210 g/mol. The zero-order valence-electron chi connectivity index (χ0n) is 55.6. The van der Waals surface area contributed by atoms with Gasteiger partial charge in [0, 0.05) is 0 Å². The molecule has 10 heteroatoms. The van der Waals surface area contributed by atoms with Crippen LogP contribution in [0.3, 0.4) is 0 Å². The van der Waals surface area contributed by atoms with E-state index >= 15 is 13.2 Å². The number of aryl methyl sites for hydroxylation is 2. The van der Waals surface area contributed by atoms with Gasteiger partial charge in [-0.15, -0.1) is 0 Å². The zero-order valence-corrected chi connectivity index (χ0v) is 55.6. The van der Waals surface area contributed by atoms with Crippen molar-refractivity contribution in [3.63, 3.8) is 0 Å². The second kappa shape index (κ2) is 18.6. The second-order valence-electron chi connectivity index (χ2n) is 32.9. The van der Waals surface area contributed by atoms with E-state index in [0.29, 0.717) is 22.1 Å². The molecular weight excluding hydrogens is 1130 g/mol. The van der Waals surface area contributed by atoms with E-state index in [1.807, 2.05) is 0 Å². The van der Waals surface area contributed by atoms with E-state index in [0.717, 1.165) is 140 Å². The molecule has 2 nitrogen and oxygen atoms in total. The average Bonchev–Trinajstić information content (AvgIpc) is 0.663. The Bertz CT molecular complexity index is 4750. The van der Waals surface area contributed by atoms with Gasteiger partial charge >= 0.3 is 12.4 Å². The Morgan fingerprint density at radius 1 is 0.289 bits per heavy atom. The third kappa shape index (κ3) is 8.96. The number of halogens is 6. The van der Waals surface area contributed by atoms with Crippen molar-refractivity contribution in [2.75, 3.05) is 0 Å². The van der Waals surface area contributed by atoms with Crippen molar-refractivity contribution in [2.24, 2.45) is 0 Å². The van der Waals surface area contributed by atoms with E-state index in [4.69, 9.17) is 9.47 Å². The van der Waals surface area contributed by atoms with E-state index in [2.05, 4.69) is 217 Å². The minimum Gasteiger partial charge on any atom is -0.458 e. The van der Waals surface area contributed by atoms with Gasteiger partial charge in [-0.3, -0.25) is 0 Å². The first-order chi connectivity index (χ1) is 41.5. The van der Waals surface area contributed by atoms with Gasteiger partial charge in [0.2, 0.25) is 0 Å². The van der Waals surface area contributed by atoms with Crippen LogP contribution in [0.1, 0.15) is 180 Å². The molecule has 458 valence electrons. The van der Waals surface area contributed by atoms with Gasteiger partial charge < -0.3 is 9.47 Å². The largest absolute Gasteiger partial charge is 0.458 e. The van der Waals surface area contributed by atoms with Gasteiger partial charge in [0.05, 0.1) is 11.1 Å². The second-order valence-corrected chi connectivity index (χ2v) is 32.9. The summed E-state index contributed by atoms with van der Waals surface area (Å²) in [4.78, 5) is 0. The fourth-order valence-corrected chi connectivity index (χ4v) is 15.6. The van der Waals surface area contributed by atoms with Crippen LogP contribution in [-0.2, 0) is 44.8 Å². The van der Waals surface area contributed by atoms with Crippen LogP contribution in [0.2, 0.25) is 0 Å². The summed E-state index contributed by atoms with van der Waals surface area (Å²) >= 11 is 0. The molecule has 0 fully saturated rings. The van der Waals surface area contributed by atoms with Gasteiger partial charge in [-0.05, 0) is 232 Å². The Hall–Kier alpha value is -7.45. The van der Waals surface area contributed by atoms with Crippen molar-refractivity contribution in [3.05, 3.63) is 165 Å². The topological polar surface area (TPSA) is 18.5 Å². The van der Waals surface area contributed by atoms with Gasteiger partial charge in [0.25, 0.3) is 13.4 Å². The lowest BCUT2D eigenvalue weighted by Crippen LogP contribution is -2.58. The maximum absolute atomic E-state index is 15.9. The van der Waals surface area contributed by atoms with Crippen molar-refractivity contribution in [2.45, 2.75) is 183 Å². The lowest BCUT2D eigenvalue weighted by Gasteiger charge is -2.39. The summed E-state index contributed by atoms with van der Waals surface area (Å²) in [6.07, 6.45) is -9.60. The Balaban J connectivity index is 1.31. The number of hydrogen-bond donors (Lipinski definition) is 0. The highest BCUT2D eigenvalue weighted by Gasteiger charge is 2.48. The first-order valence-corrected chi connectivity index (χ1v) is 31.8. The number of benzene rings is 10. The minimum absolute atomic E-state index is 0.111. The molecular formula is C80H78B2F6O2. The summed E-state index contributed by atoms with van der Waals surface area (Å²) in [6.45, 7) is 43.9. The quantitative estimate of drug-likeness (QED) is 0.0976. The lowest BCUT2D eigenvalue weighted by atomic mass is 9.31. The normalized spacial score (nSPS) is 14.7. The van der Waals surface area contributed by atoms with Crippen LogP contribution in [0.25, 0.3) is 76.8 Å². The van der Waals surface area contributed by atoms with Crippen LogP contribution in [0.5, 0.6) is 23.0 Å². The van der Waals surface area contributed by atoms with E-state index < -0.39 is 51.9 Å². The standard InChI is InChI=1S/C80H78B2F6O2/c1-39-21-23-57-61(26-39)89-63-27-40(2)25-51-47-35-45(65-53(75(9,10)11)29-42(73(3,4)5)30-54(65)76(12,13)14)49-38-60-68-48(52-28-44(80(86,87)88)34-64-72(52)82(60)58-24-22-41(79(83,84)85)33-62(58)90-64)36-46(50-37-59(81(57)71(51)63)67(47)69(49)70(50)68)66-55(77(15,16)17)31-43(74(6,7)8)32-56(66)78(18,19)20/h21-38H,1-20H3. The van der Waals surface area contributed by atoms with Crippen molar-refractivity contribution in [1.82, 2.24) is 0 Å². The molecule has 0 radical (unpaired) electrons. The highest BCUT2D eigenvalue weighted by molar-refractivity contribution is 7.01. The molecule has 0 aromatic heterocycles. The molecule has 4 aliphatic heterocycles. The van der Waals surface area contributed by atoms with Crippen LogP contribution >= 0.6 is 0 Å². The van der Waals surface area contributed by atoms with Crippen molar-refractivity contribution < 1.29 is 35.8 Å². The number of rotatable bonds is 2. The molecule has 0 unspecified atom stereocenters. The molecule has 0 amide bonds. The highest BCUT2D eigenvalue weighted by atomic mass is 19.4. The van der Waals surface area contributed by atoms with Crippen LogP contribution < -0.4 is 42.3 Å². The molecule has 4 aliphatic rings. The summed E-state index contributed by atoms with van der Waals surface area (Å²) < 4.78 is 106. The third-order valence-corrected chi connectivity index (χ3v) is 20.0. The highest BCUT2D eigenvalue weighted by Crippen LogP contribution is 2.56. The summed E-state index contributed by atoms with van der Waals surface area (Å²) in [6, 6.07) is 35.7. The van der Waals surface area contributed by atoms with Crippen LogP contribution in [0, 0.1) is 13.8 Å². The zero-order chi connectivity index (χ0) is 64.9. The van der Waals surface area contributed by atoms with Crippen LogP contribution in [0.4, 0.5) is 26.3 Å². The van der Waals surface area contributed by atoms with Gasteiger partial charge in [-0.2, -0.15) is 26.3 Å². The van der Waals surface area contributed by atoms with Gasteiger partial charge in [-0.25, -0.2) is 0 Å². The first-order valence-electron chi connectivity index (χ1n) is 31.8. The number of fused-ring (bicyclic) bond motifs is 8. The Labute approximate surface area is 527 Å². The molecule has 14 rings (SSSR count). The lowest BCUT2D eigenvalue weighted by molar-refractivity contribution is -0.138. The van der Waals surface area contributed by atoms with E-state index in [-0.39, 0.29) is 29.0 Å². The molecule has 4 heterocycles. The Morgan fingerprint density at radius 3 is 1.06 bits per heavy atom. The predicted molar refractivity (Wildman–Crippen MR) is 366 cm³/mol. The Morgan fingerprint density at radius 2 is 0.656 bits per heavy atom. The molecule has 10 aromatic rings. The molecule has 0 N–H and O–H groups in total. The number of alkyl halides is 6. The fraction of sp³-hybridized carbons (Fsp3) is 0.350. The molecule has 0 spiro atoms. The fourth-order valence-electron chi connectivity index (χ4n) is 15.6. The third-order valence-electron chi connectivity index (χ3n) is 20.0. The molecule has 0 aliphatic carbocycles. The molecule has 0 atom stereocenters. The maximum Gasteiger partial charge on any atom is 0.416 e. The summed E-state index contributed by atoms with van der Waals surface area (Å²) in [5.41, 5.74) is 17.2. The summed E-state index contributed by atoms with van der Waals surface area (Å²) in [7, 11) is 0. The van der Waals surface area contributed by atoms with Crippen molar-refractivity contribution in [1.29, 1.82) is 0 Å². The van der Waals surface area contributed by atoms with E-state index in [9.17, 15) is 13.2 Å². The van der Waals surface area contributed by atoms with Crippen LogP contribution in [0.15, 0.2) is 109 Å². The number of ether oxygens (including phenoxy) is 2. The van der Waals surface area contributed by atoms with Crippen molar-refractivity contribution in [3.8, 4) is 67.5 Å². The summed E-state index contributed by atoms with van der Waals surface area (Å²) in [5.74, 6) is 1.37. The number of hydrogen-bond acceptors (Lipinski definition) is 2. The van der Waals surface area contributed by atoms with E-state index in [1.54, 1.807) is 0 Å². The smallest absolute Gasteiger partial charge is 0.416 e. The van der Waals surface area contributed by atoms with E-state index in [1.165, 1.54) is 34.4 Å². The summed E-state index contributed by atoms with van der Waals surface area (Å²) in [5, 5.41) is 5.67. The van der Waals surface area contributed by atoms with Crippen molar-refractivity contribution >= 4 is 78.5 Å². The minimum atomic E-state index is -4.84. The van der Waals surface area contributed by atoms with Gasteiger partial charge in [-0.1, -0.05) is 202 Å². The molecule has 10 aromatic carbocycles. The molecule has 0 saturated heterocycles. The molecule has 90 heavy (non-hydrogen) atoms. The SMILES string of the molecule is Cc1ccc2c(c1)Oc1cc(C)cc3c1B2c1cc2c(-c4c(C(C)(C)C)cc(C(C)(C)C)cc4C(C)(C)C)cc4c5c(cc6c(-c7c(C(C)(C)C)cc(C(C)(C)C)cc7C(C)(C)C)cc-3c1c6c25)B1c2ccc(C(F)(F)F)cc2Oc2cc(C(F)(F)F)cc-4c21. The molecule has 0 saturated carbocycles. The van der Waals surface area contributed by atoms with Gasteiger partial charge in [0.1, 0.15) is 23.0 Å². The first kappa shape index (κ1) is 60.1. The Kier molecular flexibility index (Phi) is 12.4. The average molecular weight is 1210 g/mol. The van der Waals surface area contributed by atoms with Gasteiger partial charge in [0.15, 0.2) is 0 Å².